The van der Waals surface area contributed by atoms with Crippen LogP contribution in [0.2, 0.25) is 0 Å². The number of carbonyl (C=O) groups excluding carboxylic acids is 3. The van der Waals surface area contributed by atoms with E-state index in [9.17, 15) is 27.7 Å². The van der Waals surface area contributed by atoms with Crippen LogP contribution < -0.4 is 19.9 Å². The maximum absolute atomic E-state index is 13.9. The third-order valence-corrected chi connectivity index (χ3v) is 14.0. The molecule has 6 atom stereocenters. The number of fused-ring (bicyclic) bond motifs is 1. The molecule has 3 aromatic rings. The minimum absolute atomic E-state index is 0.0530. The molecule has 2 heterocycles. The summed E-state index contributed by atoms with van der Waals surface area (Å²) in [5, 5.41) is 25.9. The Labute approximate surface area is 388 Å². The van der Waals surface area contributed by atoms with Crippen LogP contribution in [-0.2, 0) is 60.7 Å². The number of para-hydroxylation sites is 1. The Kier molecular flexibility index (Phi) is 24.0. The molecule has 0 spiro atoms. The molecule has 2 aliphatic rings. The van der Waals surface area contributed by atoms with Gasteiger partial charge in [-0.1, -0.05) is 69.7 Å². The Morgan fingerprint density at radius 2 is 1.59 bits per heavy atom. The lowest BCUT2D eigenvalue weighted by atomic mass is 10.00. The lowest BCUT2D eigenvalue weighted by Crippen LogP contribution is -2.51. The number of sulfonamides is 1. The van der Waals surface area contributed by atoms with E-state index in [-0.39, 0.29) is 61.3 Å². The minimum Gasteiger partial charge on any atom is -0.497 e. The number of ether oxygens (including phenoxy) is 4. The summed E-state index contributed by atoms with van der Waals surface area (Å²) in [7, 11) is -5.94. The number of unbranched alkanes of at least 4 members (excludes halogenated alkanes) is 1. The van der Waals surface area contributed by atoms with Crippen LogP contribution in [0.4, 0.5) is 4.79 Å². The van der Waals surface area contributed by atoms with E-state index in [0.29, 0.717) is 44.0 Å². The third-order valence-electron chi connectivity index (χ3n) is 10.1. The number of amides is 1. The molecule has 0 bridgehead atoms. The van der Waals surface area contributed by atoms with Gasteiger partial charge in [0.25, 0.3) is 0 Å². The van der Waals surface area contributed by atoms with Gasteiger partial charge >= 0.3 is 25.8 Å². The van der Waals surface area contributed by atoms with Crippen molar-refractivity contribution in [3.05, 3.63) is 90.0 Å². The number of carbonyl (C=O) groups is 2. The summed E-state index contributed by atoms with van der Waals surface area (Å²) in [5.74, 6) is 0.175. The molecule has 3 aromatic carbocycles. The zero-order valence-corrected chi connectivity index (χ0v) is 40.2. The first-order valence-electron chi connectivity index (χ1n) is 22.0. The van der Waals surface area contributed by atoms with Gasteiger partial charge in [-0.3, -0.25) is 9.32 Å². The molecule has 66 heavy (non-hydrogen) atoms. The number of methoxy groups -OCH3 is 1. The van der Waals surface area contributed by atoms with Gasteiger partial charge in [0.15, 0.2) is 6.29 Å². The maximum Gasteiger partial charge on any atom is 0.407 e. The van der Waals surface area contributed by atoms with Gasteiger partial charge in [0.1, 0.15) is 17.6 Å². The monoisotopic (exact) mass is 963 g/mol. The molecule has 3 unspecified atom stereocenters. The first-order valence-corrected chi connectivity index (χ1v) is 25.1. The second-order valence-corrected chi connectivity index (χ2v) is 20.3. The minimum atomic E-state index is -4.02. The molecule has 366 valence electrons. The van der Waals surface area contributed by atoms with Crippen LogP contribution >= 0.6 is 7.60 Å². The van der Waals surface area contributed by atoms with Crippen molar-refractivity contribution in [1.29, 1.82) is 0 Å². The van der Waals surface area contributed by atoms with Crippen LogP contribution in [0.1, 0.15) is 71.4 Å². The van der Waals surface area contributed by atoms with E-state index < -0.39 is 54.2 Å². The number of carboxylic acid groups (broad SMARTS) is 1. The smallest absolute Gasteiger partial charge is 0.407 e. The summed E-state index contributed by atoms with van der Waals surface area (Å²) in [6.07, 6.45) is 0.158. The van der Waals surface area contributed by atoms with Crippen LogP contribution in [0.3, 0.4) is 0 Å². The van der Waals surface area contributed by atoms with Crippen molar-refractivity contribution in [2.45, 2.75) is 109 Å². The Balaban J connectivity index is 0.00000104. The average Bonchev–Trinajstić information content (AvgIpc) is 3.90. The molecular weight excluding hydrogens is 898 g/mol. The number of aliphatic hydroxyl groups excluding tert-OH is 1. The highest BCUT2D eigenvalue weighted by Gasteiger charge is 2.44. The van der Waals surface area contributed by atoms with Crippen molar-refractivity contribution in [3.8, 4) is 11.5 Å². The molecule has 0 saturated carbocycles. The predicted octanol–water partition coefficient (Wildman–Crippen LogP) is 6.27. The van der Waals surface area contributed by atoms with Crippen molar-refractivity contribution in [1.82, 2.24) is 14.9 Å². The number of nitrogens with zero attached hydrogens (tertiary/aromatic N) is 1. The maximum atomic E-state index is 13.9. The molecule has 20 heteroatoms. The average molecular weight is 964 g/mol. The van der Waals surface area contributed by atoms with E-state index in [1.54, 1.807) is 24.3 Å². The highest BCUT2D eigenvalue weighted by molar-refractivity contribution is 7.89. The van der Waals surface area contributed by atoms with E-state index in [1.165, 1.54) is 23.5 Å². The lowest BCUT2D eigenvalue weighted by Gasteiger charge is -2.31. The fourth-order valence-electron chi connectivity index (χ4n) is 6.97. The van der Waals surface area contributed by atoms with E-state index in [2.05, 4.69) is 10.6 Å². The van der Waals surface area contributed by atoms with E-state index in [0.717, 1.165) is 24.0 Å². The number of aliphatic carboxylic acids is 1. The van der Waals surface area contributed by atoms with Crippen molar-refractivity contribution < 1.29 is 70.4 Å². The quantitative estimate of drug-likeness (QED) is 0.0571. The molecule has 4 N–H and O–H groups in total. The molecule has 5 rings (SSSR count). The molecule has 2 saturated heterocycles. The third kappa shape index (κ3) is 19.3. The topological polar surface area (TPSA) is 243 Å². The molecule has 1 amide bonds. The van der Waals surface area contributed by atoms with Crippen LogP contribution in [0.15, 0.2) is 83.8 Å². The van der Waals surface area contributed by atoms with Gasteiger partial charge in [-0.05, 0) is 86.6 Å². The van der Waals surface area contributed by atoms with Gasteiger partial charge < -0.3 is 44.3 Å². The summed E-state index contributed by atoms with van der Waals surface area (Å²) in [5.41, 5.74) is 1.75. The number of benzene rings is 3. The van der Waals surface area contributed by atoms with Gasteiger partial charge in [0.05, 0.1) is 55.5 Å². The fourth-order valence-corrected chi connectivity index (χ4v) is 10.3. The SMILES string of the molecule is CCCCC(=O)O.COc1ccc(S(=O)(=O)N(CC(C)C)C[C@@H](O)C(Cc2ccc(CNCCP(=O)(Oc3ccccc3)OC(C)C)cc2)NC(=O)OC2CO[C@H]3OCC[C@@H]23)cc1.O=C=O. The van der Waals surface area contributed by atoms with Crippen LogP contribution in [0.5, 0.6) is 11.5 Å². The fraction of sp³-hybridized carbons (Fsp3) is 0.543. The lowest BCUT2D eigenvalue weighted by molar-refractivity contribution is -0.191. The van der Waals surface area contributed by atoms with Gasteiger partial charge in [-0.25, -0.2) is 17.8 Å². The van der Waals surface area contributed by atoms with Crippen molar-refractivity contribution in [2.75, 3.05) is 46.1 Å². The Morgan fingerprint density at radius 3 is 2.17 bits per heavy atom. The van der Waals surface area contributed by atoms with Crippen LogP contribution in [-0.4, -0.2) is 118 Å². The zero-order chi connectivity index (χ0) is 48.7. The van der Waals surface area contributed by atoms with Gasteiger partial charge in [-0.15, -0.1) is 0 Å². The molecule has 0 aliphatic carbocycles. The number of aliphatic hydroxyl groups is 1. The first-order chi connectivity index (χ1) is 31.4. The molecule has 0 radical (unpaired) electrons. The van der Waals surface area contributed by atoms with Crippen molar-refractivity contribution in [2.24, 2.45) is 11.8 Å². The highest BCUT2D eigenvalue weighted by atomic mass is 32.2. The number of rotatable bonds is 24. The molecule has 0 aromatic heterocycles. The molecule has 2 aliphatic heterocycles. The van der Waals surface area contributed by atoms with Crippen LogP contribution in [0.25, 0.3) is 0 Å². The van der Waals surface area contributed by atoms with Crippen molar-refractivity contribution in [3.63, 3.8) is 0 Å². The number of nitrogens with one attached hydrogen (secondary N) is 2. The summed E-state index contributed by atoms with van der Waals surface area (Å²) >= 11 is 0. The number of alkyl carbamates (subject to hydrolysis) is 1. The largest absolute Gasteiger partial charge is 0.497 e. The van der Waals surface area contributed by atoms with E-state index >= 15 is 0 Å². The summed E-state index contributed by atoms with van der Waals surface area (Å²) in [6, 6.07) is 21.7. The Morgan fingerprint density at radius 1 is 0.939 bits per heavy atom. The zero-order valence-electron chi connectivity index (χ0n) is 38.5. The van der Waals surface area contributed by atoms with Crippen molar-refractivity contribution >= 4 is 35.8 Å². The predicted molar refractivity (Wildman–Crippen MR) is 243 cm³/mol. The van der Waals surface area contributed by atoms with Gasteiger partial charge in [-0.2, -0.15) is 13.9 Å². The summed E-state index contributed by atoms with van der Waals surface area (Å²) < 4.78 is 76.2. The Bertz CT molecular complexity index is 2090. The Hall–Kier alpha value is -4.68. The molecule has 18 nitrogen and oxygen atoms in total. The summed E-state index contributed by atoms with van der Waals surface area (Å²) in [4.78, 5) is 39.4. The normalized spacial score (nSPS) is 18.4. The standard InChI is InChI=1S/C40H56N3O11PS.C5H10O2.CO2/c1-28(2)25-43(56(47,48)34-17-15-32(49-5)16-18-34)26-37(44)36(42-40(45)52-38-27-51-39-35(38)19-21-50-39)23-30-11-13-31(14-12-30)24-41-20-22-55(46,53-29(3)4)54-33-9-7-6-8-10-33;1-2-3-4-5(6)7;2-1-3/h6-18,28-29,35-39,41,44H,19-27H2,1-5H3,(H,42,45);2-4H2,1H3,(H,6,7);/t35-,36?,37+,38?,39+,55?;;/m0../s1. The van der Waals surface area contributed by atoms with Gasteiger partial charge in [0.2, 0.25) is 10.0 Å². The number of carboxylic acids is 1. The highest BCUT2D eigenvalue weighted by Crippen LogP contribution is 2.49. The number of hydrogen-bond donors (Lipinski definition) is 4. The van der Waals surface area contributed by atoms with Gasteiger partial charge in [0, 0.05) is 32.6 Å². The second-order valence-electron chi connectivity index (χ2n) is 16.3. The second kappa shape index (κ2) is 28.5. The van der Waals surface area contributed by atoms with Crippen LogP contribution in [0, 0.1) is 11.8 Å². The van der Waals surface area contributed by atoms with E-state index in [4.69, 9.17) is 42.7 Å². The molecule has 2 fully saturated rings. The van der Waals surface area contributed by atoms with E-state index in [1.807, 2.05) is 77.1 Å². The number of hydrogen-bond acceptors (Lipinski definition) is 15. The first kappa shape index (κ1) is 55.6. The molecular formula is C46H66N3O15PS. The summed E-state index contributed by atoms with van der Waals surface area (Å²) in [6.45, 7) is 10.8.